The predicted molar refractivity (Wildman–Crippen MR) is 60.0 cm³/mol. The van der Waals surface area contributed by atoms with E-state index in [1.165, 1.54) is 37.9 Å². The number of halogens is 1. The van der Waals surface area contributed by atoms with Gasteiger partial charge in [0.25, 0.3) is 0 Å². The van der Waals surface area contributed by atoms with Gasteiger partial charge in [-0.3, -0.25) is 4.98 Å². The lowest BCUT2D eigenvalue weighted by Gasteiger charge is -2.04. The highest BCUT2D eigenvalue weighted by Gasteiger charge is 1.95. The number of unbranched alkanes of at least 4 members (excludes halogenated alkanes) is 3. The Morgan fingerprint density at radius 3 is 2.87 bits per heavy atom. The van der Waals surface area contributed by atoms with Crippen LogP contribution in [0.1, 0.15) is 38.2 Å². The second-order valence-electron chi connectivity index (χ2n) is 3.75. The van der Waals surface area contributed by atoms with Crippen LogP contribution in [0.25, 0.3) is 0 Å². The Labute approximate surface area is 90.9 Å². The molecule has 1 rings (SSSR count). The Balaban J connectivity index is 2.10. The molecular weight excluding hydrogens is 191 g/mol. The highest BCUT2D eigenvalue weighted by molar-refractivity contribution is 5.09. The first kappa shape index (κ1) is 12.1. The first-order chi connectivity index (χ1) is 7.33. The van der Waals surface area contributed by atoms with Crippen LogP contribution >= 0.6 is 0 Å². The molecular formula is C12H19FN2. The Hall–Kier alpha value is -0.960. The largest absolute Gasteiger partial charge is 0.313 e. The Bertz CT molecular complexity index is 276. The minimum Gasteiger partial charge on any atom is -0.313 e. The summed E-state index contributed by atoms with van der Waals surface area (Å²) in [6, 6.07) is 1.52. The van der Waals surface area contributed by atoms with Crippen LogP contribution in [0.15, 0.2) is 18.5 Å². The number of aromatic nitrogens is 1. The number of nitrogens with zero attached hydrogens (tertiary/aromatic N) is 1. The van der Waals surface area contributed by atoms with Crippen molar-refractivity contribution in [2.24, 2.45) is 0 Å². The van der Waals surface area contributed by atoms with E-state index >= 15 is 0 Å². The maximum absolute atomic E-state index is 12.8. The molecule has 1 heterocycles. The Morgan fingerprint density at radius 2 is 2.13 bits per heavy atom. The molecule has 0 aliphatic carbocycles. The quantitative estimate of drug-likeness (QED) is 0.700. The van der Waals surface area contributed by atoms with E-state index in [-0.39, 0.29) is 5.82 Å². The van der Waals surface area contributed by atoms with Crippen LogP contribution in [0.5, 0.6) is 0 Å². The van der Waals surface area contributed by atoms with Crippen molar-refractivity contribution in [2.45, 2.75) is 39.2 Å². The molecule has 2 nitrogen and oxygen atoms in total. The summed E-state index contributed by atoms with van der Waals surface area (Å²) < 4.78 is 12.8. The van der Waals surface area contributed by atoms with E-state index in [0.29, 0.717) is 6.54 Å². The third-order valence-corrected chi connectivity index (χ3v) is 2.30. The summed E-state index contributed by atoms with van der Waals surface area (Å²) in [4.78, 5) is 3.80. The van der Waals surface area contributed by atoms with Crippen molar-refractivity contribution in [3.8, 4) is 0 Å². The molecule has 0 aliphatic rings. The van der Waals surface area contributed by atoms with E-state index in [9.17, 15) is 4.39 Å². The molecule has 1 aromatic rings. The van der Waals surface area contributed by atoms with Gasteiger partial charge in [-0.1, -0.05) is 26.2 Å². The summed E-state index contributed by atoms with van der Waals surface area (Å²) in [5, 5.41) is 3.28. The minimum atomic E-state index is -0.264. The van der Waals surface area contributed by atoms with Gasteiger partial charge in [0.05, 0.1) is 6.20 Å². The topological polar surface area (TPSA) is 24.9 Å². The van der Waals surface area contributed by atoms with E-state index in [2.05, 4.69) is 17.2 Å². The number of pyridine rings is 1. The minimum absolute atomic E-state index is 0.264. The fourth-order valence-corrected chi connectivity index (χ4v) is 1.46. The SMILES string of the molecule is CCCCCCNCc1cncc(F)c1. The molecule has 0 amide bonds. The maximum Gasteiger partial charge on any atom is 0.141 e. The summed E-state index contributed by atoms with van der Waals surface area (Å²) in [6.45, 7) is 3.90. The number of rotatable bonds is 7. The van der Waals surface area contributed by atoms with Crippen LogP contribution in [0.3, 0.4) is 0 Å². The lowest BCUT2D eigenvalue weighted by Crippen LogP contribution is -2.14. The molecule has 0 fully saturated rings. The molecule has 1 aromatic heterocycles. The molecule has 0 saturated heterocycles. The van der Waals surface area contributed by atoms with Gasteiger partial charge in [-0.25, -0.2) is 4.39 Å². The third kappa shape index (κ3) is 5.47. The second-order valence-corrected chi connectivity index (χ2v) is 3.75. The summed E-state index contributed by atoms with van der Waals surface area (Å²) in [6.07, 6.45) is 7.94. The number of hydrogen-bond acceptors (Lipinski definition) is 2. The van der Waals surface area contributed by atoms with Gasteiger partial charge in [-0.2, -0.15) is 0 Å². The van der Waals surface area contributed by atoms with Gasteiger partial charge >= 0.3 is 0 Å². The van der Waals surface area contributed by atoms with Crippen LogP contribution in [0.4, 0.5) is 4.39 Å². The summed E-state index contributed by atoms with van der Waals surface area (Å²) >= 11 is 0. The van der Waals surface area contributed by atoms with Crippen LogP contribution in [-0.2, 0) is 6.54 Å². The van der Waals surface area contributed by atoms with Crippen molar-refractivity contribution in [3.05, 3.63) is 29.8 Å². The normalized spacial score (nSPS) is 10.5. The second kappa shape index (κ2) is 7.35. The summed E-state index contributed by atoms with van der Waals surface area (Å²) in [5.41, 5.74) is 0.908. The molecule has 15 heavy (non-hydrogen) atoms. The van der Waals surface area contributed by atoms with Gasteiger partial charge in [-0.15, -0.1) is 0 Å². The fraction of sp³-hybridized carbons (Fsp3) is 0.583. The fourth-order valence-electron chi connectivity index (χ4n) is 1.46. The highest BCUT2D eigenvalue weighted by Crippen LogP contribution is 2.01. The third-order valence-electron chi connectivity index (χ3n) is 2.30. The predicted octanol–water partition coefficient (Wildman–Crippen LogP) is 2.89. The number of hydrogen-bond donors (Lipinski definition) is 1. The first-order valence-corrected chi connectivity index (χ1v) is 5.63. The van der Waals surface area contributed by atoms with Crippen molar-refractivity contribution in [3.63, 3.8) is 0 Å². The van der Waals surface area contributed by atoms with Crippen molar-refractivity contribution >= 4 is 0 Å². The number of nitrogens with one attached hydrogen (secondary N) is 1. The van der Waals surface area contributed by atoms with Gasteiger partial charge in [0, 0.05) is 12.7 Å². The molecule has 0 bridgehead atoms. The smallest absolute Gasteiger partial charge is 0.141 e. The molecule has 0 atom stereocenters. The Kier molecular flexibility index (Phi) is 5.93. The van der Waals surface area contributed by atoms with E-state index in [1.54, 1.807) is 6.20 Å². The Morgan fingerprint density at radius 1 is 1.27 bits per heavy atom. The van der Waals surface area contributed by atoms with Gasteiger partial charge in [0.1, 0.15) is 5.82 Å². The molecule has 1 N–H and O–H groups in total. The average molecular weight is 210 g/mol. The molecule has 0 aromatic carbocycles. The highest BCUT2D eigenvalue weighted by atomic mass is 19.1. The van der Waals surface area contributed by atoms with Crippen molar-refractivity contribution in [1.82, 2.24) is 10.3 Å². The van der Waals surface area contributed by atoms with E-state index in [4.69, 9.17) is 0 Å². The van der Waals surface area contributed by atoms with E-state index in [1.807, 2.05) is 0 Å². The van der Waals surface area contributed by atoms with Crippen molar-refractivity contribution < 1.29 is 4.39 Å². The summed E-state index contributed by atoms with van der Waals surface area (Å²) in [5.74, 6) is -0.264. The molecule has 0 aliphatic heterocycles. The molecule has 0 unspecified atom stereocenters. The molecule has 0 spiro atoms. The van der Waals surface area contributed by atoms with Crippen LogP contribution in [0.2, 0.25) is 0 Å². The zero-order valence-electron chi connectivity index (χ0n) is 9.30. The zero-order valence-corrected chi connectivity index (χ0v) is 9.30. The molecule has 0 saturated carbocycles. The lowest BCUT2D eigenvalue weighted by molar-refractivity contribution is 0.589. The van der Waals surface area contributed by atoms with E-state index in [0.717, 1.165) is 12.1 Å². The van der Waals surface area contributed by atoms with Crippen LogP contribution < -0.4 is 5.32 Å². The lowest BCUT2D eigenvalue weighted by atomic mass is 10.2. The monoisotopic (exact) mass is 210 g/mol. The zero-order chi connectivity index (χ0) is 10.9. The van der Waals surface area contributed by atoms with Gasteiger partial charge in [-0.05, 0) is 24.6 Å². The molecule has 84 valence electrons. The van der Waals surface area contributed by atoms with Crippen LogP contribution in [0, 0.1) is 5.82 Å². The molecule has 3 heteroatoms. The summed E-state index contributed by atoms with van der Waals surface area (Å²) in [7, 11) is 0. The maximum atomic E-state index is 12.8. The van der Waals surface area contributed by atoms with Gasteiger partial charge < -0.3 is 5.32 Å². The molecule has 0 radical (unpaired) electrons. The van der Waals surface area contributed by atoms with Crippen molar-refractivity contribution in [2.75, 3.05) is 6.54 Å². The average Bonchev–Trinajstić information content (AvgIpc) is 2.23. The van der Waals surface area contributed by atoms with E-state index < -0.39 is 0 Å². The van der Waals surface area contributed by atoms with Gasteiger partial charge in [0.2, 0.25) is 0 Å². The standard InChI is InChI=1S/C12H19FN2/c1-2-3-4-5-6-14-8-11-7-12(13)10-15-9-11/h7,9-10,14H,2-6,8H2,1H3. The van der Waals surface area contributed by atoms with Gasteiger partial charge in [0.15, 0.2) is 0 Å². The first-order valence-electron chi connectivity index (χ1n) is 5.63. The van der Waals surface area contributed by atoms with Crippen molar-refractivity contribution in [1.29, 1.82) is 0 Å². The van der Waals surface area contributed by atoms with Crippen LogP contribution in [-0.4, -0.2) is 11.5 Å².